The van der Waals surface area contributed by atoms with Gasteiger partial charge in [-0.3, -0.25) is 9.48 Å². The maximum atomic E-state index is 13.9. The quantitative estimate of drug-likeness (QED) is 0.727. The van der Waals surface area contributed by atoms with Crippen LogP contribution in [0.5, 0.6) is 0 Å². The van der Waals surface area contributed by atoms with E-state index in [9.17, 15) is 9.18 Å². The highest BCUT2D eigenvalue weighted by atomic mass is 35.5. The molecule has 25 heavy (non-hydrogen) atoms. The number of rotatable bonds is 4. The summed E-state index contributed by atoms with van der Waals surface area (Å²) in [5, 5.41) is 6.95. The molecular weight excluding hydrogens is 345 g/mol. The molecule has 0 bridgehead atoms. The van der Waals surface area contributed by atoms with Crippen LogP contribution in [0.3, 0.4) is 0 Å². The Balaban J connectivity index is 1.77. The number of carbonyl (C=O) groups is 1. The predicted molar refractivity (Wildman–Crippen MR) is 91.6 cm³/mol. The highest BCUT2D eigenvalue weighted by Crippen LogP contribution is 2.21. The second kappa shape index (κ2) is 6.98. The second-order valence-electron chi connectivity index (χ2n) is 5.59. The van der Waals surface area contributed by atoms with E-state index in [4.69, 9.17) is 11.6 Å². The molecule has 1 amide bonds. The third-order valence-electron chi connectivity index (χ3n) is 3.47. The van der Waals surface area contributed by atoms with E-state index in [1.165, 1.54) is 12.1 Å². The Morgan fingerprint density at radius 1 is 1.24 bits per heavy atom. The number of hydrogen-bond donors (Lipinski definition) is 1. The predicted octanol–water partition coefficient (Wildman–Crippen LogP) is 2.91. The fourth-order valence-corrected chi connectivity index (χ4v) is 2.62. The van der Waals surface area contributed by atoms with Gasteiger partial charge >= 0.3 is 0 Å². The van der Waals surface area contributed by atoms with E-state index in [1.807, 2.05) is 0 Å². The Morgan fingerprint density at radius 3 is 2.72 bits per heavy atom. The number of benzene rings is 1. The largest absolute Gasteiger partial charge is 0.345 e. The first kappa shape index (κ1) is 17.0. The molecule has 0 saturated heterocycles. The Bertz CT molecular complexity index is 920. The Morgan fingerprint density at radius 2 is 2.04 bits per heavy atom. The minimum Gasteiger partial charge on any atom is -0.345 e. The summed E-state index contributed by atoms with van der Waals surface area (Å²) in [7, 11) is 1.79. The van der Waals surface area contributed by atoms with Gasteiger partial charge < -0.3 is 5.32 Å². The van der Waals surface area contributed by atoms with E-state index in [0.717, 1.165) is 5.56 Å². The van der Waals surface area contributed by atoms with Crippen molar-refractivity contribution < 1.29 is 9.18 Å². The number of nitrogens with zero attached hydrogens (tertiary/aromatic N) is 4. The Hall–Kier alpha value is -2.80. The molecule has 0 atom stereocenters. The van der Waals surface area contributed by atoms with Crippen molar-refractivity contribution in [3.8, 4) is 11.1 Å². The second-order valence-corrected chi connectivity index (χ2v) is 5.98. The maximum Gasteiger partial charge on any atom is 0.289 e. The molecule has 2 aromatic heterocycles. The van der Waals surface area contributed by atoms with Crippen molar-refractivity contribution in [3.63, 3.8) is 0 Å². The van der Waals surface area contributed by atoms with Crippen molar-refractivity contribution in [1.29, 1.82) is 0 Å². The van der Waals surface area contributed by atoms with E-state index in [2.05, 4.69) is 20.4 Å². The van der Waals surface area contributed by atoms with Crippen LogP contribution in [0.1, 0.15) is 21.9 Å². The Labute approximate surface area is 148 Å². The third kappa shape index (κ3) is 4.19. The summed E-state index contributed by atoms with van der Waals surface area (Å²) in [5.41, 5.74) is 2.69. The highest BCUT2D eigenvalue weighted by Gasteiger charge is 2.12. The fourth-order valence-electron chi connectivity index (χ4n) is 2.38. The summed E-state index contributed by atoms with van der Waals surface area (Å²) in [6, 6.07) is 6.14. The van der Waals surface area contributed by atoms with Crippen molar-refractivity contribution in [2.24, 2.45) is 7.05 Å². The van der Waals surface area contributed by atoms with Crippen LogP contribution in [0.25, 0.3) is 11.1 Å². The molecule has 8 heteroatoms. The molecule has 2 heterocycles. The van der Waals surface area contributed by atoms with Crippen molar-refractivity contribution >= 4 is 17.5 Å². The number of aryl methyl sites for hydroxylation is 2. The van der Waals surface area contributed by atoms with E-state index < -0.39 is 5.91 Å². The number of hydrogen-bond acceptors (Lipinski definition) is 4. The molecule has 0 fully saturated rings. The van der Waals surface area contributed by atoms with Crippen molar-refractivity contribution in [2.45, 2.75) is 13.5 Å². The standard InChI is InChI=1S/C17H15ClFN5O/c1-10-3-15(18)23-16(22-10)17(25)20-7-11-4-12(6-14(19)5-11)13-8-21-24(2)9-13/h3-6,8-9H,7H2,1-2H3,(H,20,25). The zero-order valence-corrected chi connectivity index (χ0v) is 14.4. The average molecular weight is 360 g/mol. The van der Waals surface area contributed by atoms with Gasteiger partial charge in [-0.1, -0.05) is 11.6 Å². The molecule has 0 aliphatic heterocycles. The lowest BCUT2D eigenvalue weighted by molar-refractivity contribution is 0.0940. The van der Waals surface area contributed by atoms with Gasteiger partial charge in [0.15, 0.2) is 0 Å². The van der Waals surface area contributed by atoms with Gasteiger partial charge in [-0.05, 0) is 42.3 Å². The lowest BCUT2D eigenvalue weighted by Crippen LogP contribution is -2.25. The van der Waals surface area contributed by atoms with Crippen LogP contribution in [-0.4, -0.2) is 25.7 Å². The van der Waals surface area contributed by atoms with Gasteiger partial charge in [0.1, 0.15) is 11.0 Å². The summed E-state index contributed by atoms with van der Waals surface area (Å²) in [5.74, 6) is -0.882. The van der Waals surface area contributed by atoms with Gasteiger partial charge in [-0.15, -0.1) is 0 Å². The maximum absolute atomic E-state index is 13.9. The normalized spacial score (nSPS) is 10.7. The molecule has 0 unspecified atom stereocenters. The molecule has 0 radical (unpaired) electrons. The lowest BCUT2D eigenvalue weighted by atomic mass is 10.1. The minimum absolute atomic E-state index is 0.0196. The van der Waals surface area contributed by atoms with Crippen molar-refractivity contribution in [1.82, 2.24) is 25.1 Å². The molecular formula is C17H15ClFN5O. The number of amides is 1. The smallest absolute Gasteiger partial charge is 0.289 e. The van der Waals surface area contributed by atoms with Gasteiger partial charge in [0.2, 0.25) is 5.82 Å². The van der Waals surface area contributed by atoms with Crippen LogP contribution >= 0.6 is 11.6 Å². The monoisotopic (exact) mass is 359 g/mol. The van der Waals surface area contributed by atoms with Gasteiger partial charge in [-0.2, -0.15) is 5.10 Å². The molecule has 6 nitrogen and oxygen atoms in total. The number of aromatic nitrogens is 4. The van der Waals surface area contributed by atoms with E-state index in [-0.39, 0.29) is 23.3 Å². The SMILES string of the molecule is Cc1cc(Cl)nc(C(=O)NCc2cc(F)cc(-c3cnn(C)c3)c2)n1. The molecule has 1 N–H and O–H groups in total. The minimum atomic E-state index is -0.474. The van der Waals surface area contributed by atoms with Crippen LogP contribution < -0.4 is 5.32 Å². The molecule has 0 aliphatic carbocycles. The molecule has 1 aromatic carbocycles. The van der Waals surface area contributed by atoms with E-state index in [0.29, 0.717) is 16.8 Å². The van der Waals surface area contributed by atoms with Gasteiger partial charge in [0.25, 0.3) is 5.91 Å². The van der Waals surface area contributed by atoms with Crippen LogP contribution in [0.2, 0.25) is 5.15 Å². The first-order valence-corrected chi connectivity index (χ1v) is 7.86. The highest BCUT2D eigenvalue weighted by molar-refractivity contribution is 6.29. The van der Waals surface area contributed by atoms with Crippen molar-refractivity contribution in [3.05, 3.63) is 64.7 Å². The molecule has 3 rings (SSSR count). The average Bonchev–Trinajstić information content (AvgIpc) is 2.98. The lowest BCUT2D eigenvalue weighted by Gasteiger charge is -2.07. The summed E-state index contributed by atoms with van der Waals surface area (Å²) >= 11 is 5.83. The van der Waals surface area contributed by atoms with Crippen LogP contribution in [0.15, 0.2) is 36.7 Å². The van der Waals surface area contributed by atoms with Gasteiger partial charge in [0.05, 0.1) is 6.20 Å². The van der Waals surface area contributed by atoms with Gasteiger partial charge in [0, 0.05) is 31.0 Å². The first-order valence-electron chi connectivity index (χ1n) is 7.48. The molecule has 0 spiro atoms. The Kier molecular flexibility index (Phi) is 4.76. The topological polar surface area (TPSA) is 72.7 Å². The number of carbonyl (C=O) groups excluding carboxylic acids is 1. The van der Waals surface area contributed by atoms with E-state index in [1.54, 1.807) is 43.2 Å². The van der Waals surface area contributed by atoms with Gasteiger partial charge in [-0.25, -0.2) is 14.4 Å². The summed E-state index contributed by atoms with van der Waals surface area (Å²) in [6.07, 6.45) is 3.44. The molecule has 0 saturated carbocycles. The third-order valence-corrected chi connectivity index (χ3v) is 3.67. The number of nitrogens with one attached hydrogen (secondary N) is 1. The molecule has 3 aromatic rings. The summed E-state index contributed by atoms with van der Waals surface area (Å²) < 4.78 is 15.5. The van der Waals surface area contributed by atoms with Crippen LogP contribution in [-0.2, 0) is 13.6 Å². The first-order chi connectivity index (χ1) is 11.9. The fraction of sp³-hybridized carbons (Fsp3) is 0.176. The molecule has 0 aliphatic rings. The van der Waals surface area contributed by atoms with Crippen LogP contribution in [0.4, 0.5) is 4.39 Å². The van der Waals surface area contributed by atoms with E-state index >= 15 is 0 Å². The summed E-state index contributed by atoms with van der Waals surface area (Å²) in [6.45, 7) is 1.86. The summed E-state index contributed by atoms with van der Waals surface area (Å²) in [4.78, 5) is 20.1. The molecule has 128 valence electrons. The van der Waals surface area contributed by atoms with Crippen molar-refractivity contribution in [2.75, 3.05) is 0 Å². The zero-order chi connectivity index (χ0) is 18.0. The number of halogens is 2. The zero-order valence-electron chi connectivity index (χ0n) is 13.6. The van der Waals surface area contributed by atoms with Crippen LogP contribution in [0, 0.1) is 12.7 Å².